The molecule has 8 heteroatoms. The highest BCUT2D eigenvalue weighted by atomic mass is 32.2. The highest BCUT2D eigenvalue weighted by Crippen LogP contribution is 2.29. The average molecular weight is 542 g/mol. The van der Waals surface area contributed by atoms with E-state index in [1.54, 1.807) is 17.0 Å². The standard InChI is InChI=1S/C30H43N3O4S/c1-5-27(30(35)31-25-16-10-7-11-17-25)32(21-20-24-14-8-6-9-15-24)29(34)22-33(38(4,36)37)28-19-13-12-18-26(28)23(2)3/h6,8-9,12-15,18-19,23,25,27H,5,7,10-11,16-17,20-22H2,1-4H3,(H,31,35)/t27-/m0/s1. The summed E-state index contributed by atoms with van der Waals surface area (Å²) in [6.07, 6.45) is 7.42. The summed E-state index contributed by atoms with van der Waals surface area (Å²) in [7, 11) is -3.76. The number of carbonyl (C=O) groups excluding carboxylic acids is 2. The monoisotopic (exact) mass is 541 g/mol. The summed E-state index contributed by atoms with van der Waals surface area (Å²) >= 11 is 0. The minimum Gasteiger partial charge on any atom is -0.352 e. The fraction of sp³-hybridized carbons (Fsp3) is 0.533. The number of nitrogens with one attached hydrogen (secondary N) is 1. The Morgan fingerprint density at radius 1 is 0.974 bits per heavy atom. The van der Waals surface area contributed by atoms with Crippen LogP contribution in [0.1, 0.15) is 76.3 Å². The van der Waals surface area contributed by atoms with Crippen LogP contribution < -0.4 is 9.62 Å². The summed E-state index contributed by atoms with van der Waals surface area (Å²) in [6.45, 7) is 5.86. The number of carbonyl (C=O) groups is 2. The smallest absolute Gasteiger partial charge is 0.244 e. The van der Waals surface area contributed by atoms with Gasteiger partial charge < -0.3 is 10.2 Å². The van der Waals surface area contributed by atoms with Gasteiger partial charge in [-0.3, -0.25) is 13.9 Å². The fourth-order valence-electron chi connectivity index (χ4n) is 5.24. The highest BCUT2D eigenvalue weighted by Gasteiger charge is 2.33. The van der Waals surface area contributed by atoms with Crippen molar-refractivity contribution in [3.05, 3.63) is 65.7 Å². The molecule has 0 heterocycles. The summed E-state index contributed by atoms with van der Waals surface area (Å²) in [5, 5.41) is 3.18. The van der Waals surface area contributed by atoms with Crippen LogP contribution in [0.3, 0.4) is 0 Å². The number of nitrogens with zero attached hydrogens (tertiary/aromatic N) is 2. The molecule has 1 N–H and O–H groups in total. The first-order valence-electron chi connectivity index (χ1n) is 13.8. The number of hydrogen-bond acceptors (Lipinski definition) is 4. The Balaban J connectivity index is 1.90. The van der Waals surface area contributed by atoms with E-state index in [2.05, 4.69) is 5.32 Å². The van der Waals surface area contributed by atoms with Crippen molar-refractivity contribution in [2.24, 2.45) is 0 Å². The second-order valence-electron chi connectivity index (χ2n) is 10.6. The van der Waals surface area contributed by atoms with Crippen molar-refractivity contribution in [2.45, 2.75) is 83.7 Å². The Morgan fingerprint density at radius 2 is 1.61 bits per heavy atom. The molecule has 208 valence electrons. The van der Waals surface area contributed by atoms with Gasteiger partial charge in [0.15, 0.2) is 0 Å². The highest BCUT2D eigenvalue weighted by molar-refractivity contribution is 7.92. The van der Waals surface area contributed by atoms with Gasteiger partial charge in [-0.05, 0) is 48.8 Å². The van der Waals surface area contributed by atoms with Crippen molar-refractivity contribution in [3.63, 3.8) is 0 Å². The SMILES string of the molecule is CC[C@@H](C(=O)NC1CCCCC1)N(CCc1ccccc1)C(=O)CN(c1ccccc1C(C)C)S(C)(=O)=O. The van der Waals surface area contributed by atoms with Gasteiger partial charge in [-0.1, -0.05) is 88.6 Å². The van der Waals surface area contributed by atoms with Gasteiger partial charge in [-0.2, -0.15) is 0 Å². The predicted octanol–water partition coefficient (Wildman–Crippen LogP) is 4.87. The molecule has 2 amide bonds. The topological polar surface area (TPSA) is 86.8 Å². The van der Waals surface area contributed by atoms with E-state index in [0.29, 0.717) is 25.1 Å². The third-order valence-corrected chi connectivity index (χ3v) is 8.45. The lowest BCUT2D eigenvalue weighted by molar-refractivity contribution is -0.140. The maximum Gasteiger partial charge on any atom is 0.244 e. The summed E-state index contributed by atoms with van der Waals surface area (Å²) in [6, 6.07) is 16.6. The van der Waals surface area contributed by atoms with Gasteiger partial charge in [-0.25, -0.2) is 8.42 Å². The molecule has 2 aromatic rings. The van der Waals surface area contributed by atoms with E-state index in [1.165, 1.54) is 10.7 Å². The van der Waals surface area contributed by atoms with Gasteiger partial charge in [0.05, 0.1) is 11.9 Å². The molecule has 0 spiro atoms. The third-order valence-electron chi connectivity index (χ3n) is 7.33. The van der Waals surface area contributed by atoms with Crippen LogP contribution in [0.2, 0.25) is 0 Å². The molecular weight excluding hydrogens is 498 g/mol. The van der Waals surface area contributed by atoms with Crippen molar-refractivity contribution in [2.75, 3.05) is 23.7 Å². The maximum absolute atomic E-state index is 13.9. The first-order valence-corrected chi connectivity index (χ1v) is 15.7. The molecule has 0 aliphatic heterocycles. The van der Waals surface area contributed by atoms with Gasteiger partial charge >= 0.3 is 0 Å². The molecule has 1 aliphatic rings. The number of hydrogen-bond donors (Lipinski definition) is 1. The molecule has 1 aliphatic carbocycles. The largest absolute Gasteiger partial charge is 0.352 e. The number of amides is 2. The van der Waals surface area contributed by atoms with E-state index >= 15 is 0 Å². The lowest BCUT2D eigenvalue weighted by atomic mass is 9.95. The van der Waals surface area contributed by atoms with E-state index in [9.17, 15) is 18.0 Å². The fourth-order valence-corrected chi connectivity index (χ4v) is 6.11. The van der Waals surface area contributed by atoms with E-state index in [4.69, 9.17) is 0 Å². The molecule has 1 atom stereocenters. The van der Waals surface area contributed by atoms with Crippen molar-refractivity contribution >= 4 is 27.5 Å². The van der Waals surface area contributed by atoms with Crippen LogP contribution in [0.4, 0.5) is 5.69 Å². The summed E-state index contributed by atoms with van der Waals surface area (Å²) in [4.78, 5) is 29.0. The van der Waals surface area contributed by atoms with E-state index in [-0.39, 0.29) is 30.3 Å². The number of sulfonamides is 1. The Morgan fingerprint density at radius 3 is 2.21 bits per heavy atom. The molecule has 1 fully saturated rings. The molecule has 0 bridgehead atoms. The van der Waals surface area contributed by atoms with E-state index in [0.717, 1.165) is 43.1 Å². The zero-order valence-electron chi connectivity index (χ0n) is 23.2. The quantitative estimate of drug-likeness (QED) is 0.415. The number of rotatable bonds is 12. The zero-order chi connectivity index (χ0) is 27.7. The van der Waals surface area contributed by atoms with Gasteiger partial charge in [0.2, 0.25) is 21.8 Å². The maximum atomic E-state index is 13.9. The number of anilines is 1. The van der Waals surface area contributed by atoms with Crippen LogP contribution in [0, 0.1) is 0 Å². The normalized spacial score (nSPS) is 15.2. The minimum absolute atomic E-state index is 0.0735. The van der Waals surface area contributed by atoms with Gasteiger partial charge in [0.1, 0.15) is 12.6 Å². The predicted molar refractivity (Wildman–Crippen MR) is 154 cm³/mol. The van der Waals surface area contributed by atoms with Crippen LogP contribution >= 0.6 is 0 Å². The Labute approximate surface area is 228 Å². The lowest BCUT2D eigenvalue weighted by Crippen LogP contribution is -2.54. The first-order chi connectivity index (χ1) is 18.1. The molecule has 7 nitrogen and oxygen atoms in total. The molecule has 38 heavy (non-hydrogen) atoms. The van der Waals surface area contributed by atoms with Gasteiger partial charge in [0, 0.05) is 12.6 Å². The molecule has 0 unspecified atom stereocenters. The molecule has 0 radical (unpaired) electrons. The molecule has 0 saturated heterocycles. The zero-order valence-corrected chi connectivity index (χ0v) is 24.0. The summed E-state index contributed by atoms with van der Waals surface area (Å²) in [5.74, 6) is -0.464. The first kappa shape index (κ1) is 29.7. The average Bonchev–Trinajstić information content (AvgIpc) is 2.90. The lowest BCUT2D eigenvalue weighted by Gasteiger charge is -2.34. The van der Waals surface area contributed by atoms with Crippen molar-refractivity contribution in [1.29, 1.82) is 0 Å². The van der Waals surface area contributed by atoms with Gasteiger partial charge in [0.25, 0.3) is 0 Å². The number of benzene rings is 2. The van der Waals surface area contributed by atoms with Crippen LogP contribution in [-0.2, 0) is 26.0 Å². The second kappa shape index (κ2) is 13.8. The summed E-state index contributed by atoms with van der Waals surface area (Å²) < 4.78 is 27.1. The summed E-state index contributed by atoms with van der Waals surface area (Å²) in [5.41, 5.74) is 2.41. The van der Waals surface area contributed by atoms with Crippen LogP contribution in [0.5, 0.6) is 0 Å². The Bertz CT molecular complexity index is 1160. The van der Waals surface area contributed by atoms with Crippen molar-refractivity contribution < 1.29 is 18.0 Å². The van der Waals surface area contributed by atoms with E-state index in [1.807, 2.05) is 63.2 Å². The van der Waals surface area contributed by atoms with Crippen molar-refractivity contribution in [1.82, 2.24) is 10.2 Å². The number of para-hydroxylation sites is 1. The molecular formula is C30H43N3O4S. The van der Waals surface area contributed by atoms with Crippen molar-refractivity contribution in [3.8, 4) is 0 Å². The molecule has 1 saturated carbocycles. The second-order valence-corrected chi connectivity index (χ2v) is 12.5. The van der Waals surface area contributed by atoms with Crippen LogP contribution in [0.25, 0.3) is 0 Å². The van der Waals surface area contributed by atoms with Gasteiger partial charge in [-0.15, -0.1) is 0 Å². The van der Waals surface area contributed by atoms with Crippen LogP contribution in [0.15, 0.2) is 54.6 Å². The molecule has 2 aromatic carbocycles. The van der Waals surface area contributed by atoms with E-state index < -0.39 is 16.1 Å². The third kappa shape index (κ3) is 8.06. The van der Waals surface area contributed by atoms with Crippen LogP contribution in [-0.4, -0.2) is 56.6 Å². The molecule has 0 aromatic heterocycles. The Hall–Kier alpha value is -2.87. The minimum atomic E-state index is -3.76. The molecule has 3 rings (SSSR count). The Kier molecular flexibility index (Phi) is 10.8.